The Morgan fingerprint density at radius 1 is 0.913 bits per heavy atom. The van der Waals surface area contributed by atoms with E-state index in [1.165, 1.54) is 0 Å². The second kappa shape index (κ2) is 23.4. The maximum absolute atomic E-state index is 14.4. The van der Waals surface area contributed by atoms with Crippen LogP contribution in [0.15, 0.2) is 59.3 Å². The van der Waals surface area contributed by atoms with Gasteiger partial charge in [0.15, 0.2) is 18.4 Å². The van der Waals surface area contributed by atoms with Crippen molar-refractivity contribution in [3.8, 4) is 0 Å². The van der Waals surface area contributed by atoms with Crippen molar-refractivity contribution in [3.05, 3.63) is 59.3 Å². The van der Waals surface area contributed by atoms with E-state index in [4.69, 9.17) is 52.1 Å². The Bertz CT molecular complexity index is 1910. The second-order valence-electron chi connectivity index (χ2n) is 20.9. The third-order valence-corrected chi connectivity index (χ3v) is 15.9. The van der Waals surface area contributed by atoms with Crippen LogP contribution < -0.4 is 0 Å². The smallest absolute Gasteiger partial charge is 0.316 e. The van der Waals surface area contributed by atoms with Crippen LogP contribution in [0.4, 0.5) is 0 Å². The molecule has 4 saturated heterocycles. The standard InChI is InChI=1S/C54H82O15/c1-12-14-22-61-44(55)25-40-35(8)63-45(26-42(40)59-10)67-50-36(9)64-46(27-43(50)60-11)66-48-31(4)16-15-17-37-29-62-51-47(56)34(7)23-41(54(37,51)58)52(57)65-39-24-38(19-18-32(48)5)68-53(28-39)21-20-33(6)49(69-53)30(3)13-2/h15-18,20-21,23,30-31,33,35-36,38-43,45-51,56,58H,12-14,19,22,24-29H2,1-11H3/b16-15+,32-18+,37-17+/t30-,31-,33-,35-,36-,38+,39?,40+,41-,42-,43-,45-,46-,47+,48-,49+,50-,51+,53+,54+/m0/s1. The maximum Gasteiger partial charge on any atom is 0.316 e. The van der Waals surface area contributed by atoms with E-state index in [1.54, 1.807) is 33.3 Å². The first-order chi connectivity index (χ1) is 32.9. The predicted octanol–water partition coefficient (Wildman–Crippen LogP) is 7.37. The van der Waals surface area contributed by atoms with Gasteiger partial charge >= 0.3 is 11.9 Å². The lowest BCUT2D eigenvalue weighted by molar-refractivity contribution is -0.315. The Morgan fingerprint density at radius 3 is 2.36 bits per heavy atom. The van der Waals surface area contributed by atoms with Crippen molar-refractivity contribution < 1.29 is 71.9 Å². The summed E-state index contributed by atoms with van der Waals surface area (Å²) in [6.45, 7) is 18.7. The van der Waals surface area contributed by atoms with Crippen LogP contribution in [0.1, 0.15) is 120 Å². The van der Waals surface area contributed by atoms with Gasteiger partial charge in [-0.15, -0.1) is 0 Å². The zero-order valence-electron chi connectivity index (χ0n) is 42.9. The molecule has 0 aromatic carbocycles. The van der Waals surface area contributed by atoms with E-state index in [1.807, 2.05) is 39.0 Å². The lowest BCUT2D eigenvalue weighted by Crippen LogP contribution is -2.58. The molecule has 20 atom stereocenters. The monoisotopic (exact) mass is 971 g/mol. The van der Waals surface area contributed by atoms with Crippen LogP contribution in [0.5, 0.6) is 0 Å². The molecule has 0 saturated carbocycles. The van der Waals surface area contributed by atoms with Gasteiger partial charge in [0.2, 0.25) is 0 Å². The van der Waals surface area contributed by atoms with Gasteiger partial charge in [0.1, 0.15) is 35.9 Å². The minimum atomic E-state index is -1.85. The lowest BCUT2D eigenvalue weighted by Gasteiger charge is -2.48. The molecule has 1 aliphatic carbocycles. The largest absolute Gasteiger partial charge is 0.466 e. The highest BCUT2D eigenvalue weighted by molar-refractivity contribution is 5.78. The summed E-state index contributed by atoms with van der Waals surface area (Å²) in [5.41, 5.74) is 0.112. The molecule has 0 aromatic heterocycles. The van der Waals surface area contributed by atoms with Gasteiger partial charge in [-0.1, -0.05) is 83.9 Å². The highest BCUT2D eigenvalue weighted by Gasteiger charge is 2.60. The number of hydrogen-bond acceptors (Lipinski definition) is 15. The van der Waals surface area contributed by atoms with E-state index in [0.717, 1.165) is 24.8 Å². The average Bonchev–Trinajstić information content (AvgIpc) is 3.66. The first-order valence-electron chi connectivity index (χ1n) is 25.8. The summed E-state index contributed by atoms with van der Waals surface area (Å²) in [7, 11) is 3.31. The number of aliphatic hydroxyl groups excluding tert-OH is 1. The van der Waals surface area contributed by atoms with Gasteiger partial charge in [0.25, 0.3) is 0 Å². The number of carbonyl (C=O) groups excluding carboxylic acids is 2. The van der Waals surface area contributed by atoms with E-state index in [9.17, 15) is 19.8 Å². The van der Waals surface area contributed by atoms with Crippen LogP contribution in [-0.2, 0) is 61.7 Å². The van der Waals surface area contributed by atoms with Crippen molar-refractivity contribution in [3.63, 3.8) is 0 Å². The number of unbranched alkanes of at least 4 members (excludes halogenated alkanes) is 1. The first-order valence-corrected chi connectivity index (χ1v) is 25.8. The van der Waals surface area contributed by atoms with Crippen LogP contribution >= 0.6 is 0 Å². The molecule has 15 nitrogen and oxygen atoms in total. The van der Waals surface area contributed by atoms with Crippen molar-refractivity contribution in [1.29, 1.82) is 0 Å². The summed E-state index contributed by atoms with van der Waals surface area (Å²) in [6.07, 6.45) is 11.5. The predicted molar refractivity (Wildman–Crippen MR) is 255 cm³/mol. The molecule has 15 heteroatoms. The topological polar surface area (TPSA) is 176 Å². The van der Waals surface area contributed by atoms with E-state index in [-0.39, 0.29) is 67.4 Å². The van der Waals surface area contributed by atoms with Gasteiger partial charge in [-0.2, -0.15) is 0 Å². The zero-order valence-corrected chi connectivity index (χ0v) is 42.9. The quantitative estimate of drug-likeness (QED) is 0.106. The molecule has 0 aromatic rings. The number of fused-ring (bicyclic) bond motifs is 2. The molecule has 6 aliphatic heterocycles. The second-order valence-corrected chi connectivity index (χ2v) is 20.9. The van der Waals surface area contributed by atoms with Crippen molar-refractivity contribution in [2.75, 3.05) is 27.4 Å². The van der Waals surface area contributed by atoms with Crippen molar-refractivity contribution in [1.82, 2.24) is 0 Å². The van der Waals surface area contributed by atoms with Gasteiger partial charge in [0, 0.05) is 57.7 Å². The van der Waals surface area contributed by atoms with Crippen LogP contribution in [0.3, 0.4) is 0 Å². The molecule has 1 spiro atoms. The molecular weight excluding hydrogens is 889 g/mol. The van der Waals surface area contributed by atoms with E-state index in [2.05, 4.69) is 46.8 Å². The maximum atomic E-state index is 14.4. The van der Waals surface area contributed by atoms with Crippen LogP contribution in [0.2, 0.25) is 0 Å². The molecule has 7 aliphatic rings. The minimum absolute atomic E-state index is 0.0255. The summed E-state index contributed by atoms with van der Waals surface area (Å²) < 4.78 is 70.4. The first kappa shape index (κ1) is 54.0. The molecule has 2 N–H and O–H groups in total. The molecule has 0 radical (unpaired) electrons. The number of esters is 2. The summed E-state index contributed by atoms with van der Waals surface area (Å²) >= 11 is 0. The fourth-order valence-corrected chi connectivity index (χ4v) is 11.5. The van der Waals surface area contributed by atoms with Crippen LogP contribution in [0, 0.1) is 29.6 Å². The van der Waals surface area contributed by atoms with Crippen LogP contribution in [-0.4, -0.2) is 141 Å². The van der Waals surface area contributed by atoms with Gasteiger partial charge in [-0.25, -0.2) is 0 Å². The van der Waals surface area contributed by atoms with Gasteiger partial charge < -0.3 is 62.3 Å². The van der Waals surface area contributed by atoms with E-state index < -0.39 is 84.7 Å². The summed E-state index contributed by atoms with van der Waals surface area (Å²) in [5.74, 6) is -3.05. The fourth-order valence-electron chi connectivity index (χ4n) is 11.5. The summed E-state index contributed by atoms with van der Waals surface area (Å²) in [4.78, 5) is 27.1. The number of ether oxygens (including phenoxy) is 11. The Balaban J connectivity index is 1.12. The molecule has 69 heavy (non-hydrogen) atoms. The number of rotatable bonds is 13. The normalized spacial score (nSPS) is 45.3. The number of aliphatic hydroxyl groups is 2. The Kier molecular flexibility index (Phi) is 18.3. The highest BCUT2D eigenvalue weighted by Crippen LogP contribution is 2.47. The third kappa shape index (κ3) is 12.0. The van der Waals surface area contributed by atoms with Crippen molar-refractivity contribution in [2.45, 2.75) is 211 Å². The van der Waals surface area contributed by atoms with Crippen molar-refractivity contribution >= 4 is 11.9 Å². The van der Waals surface area contributed by atoms with Gasteiger partial charge in [-0.3, -0.25) is 9.59 Å². The van der Waals surface area contributed by atoms with E-state index >= 15 is 0 Å². The average molecular weight is 971 g/mol. The number of hydrogen-bond donors (Lipinski definition) is 2. The number of carbonyl (C=O) groups is 2. The minimum Gasteiger partial charge on any atom is -0.466 e. The van der Waals surface area contributed by atoms with Gasteiger partial charge in [-0.05, 0) is 69.2 Å². The van der Waals surface area contributed by atoms with E-state index in [0.29, 0.717) is 43.4 Å². The Labute approximate surface area is 410 Å². The molecule has 0 amide bonds. The molecule has 1 unspecified atom stereocenters. The molecule has 7 rings (SSSR count). The Morgan fingerprint density at radius 2 is 1.64 bits per heavy atom. The number of methoxy groups -OCH3 is 2. The molecule has 2 bridgehead atoms. The molecule has 388 valence electrons. The van der Waals surface area contributed by atoms with Crippen LogP contribution in [0.25, 0.3) is 0 Å². The lowest BCUT2D eigenvalue weighted by atomic mass is 9.71. The number of allylic oxidation sites excluding steroid dienone is 2. The Hall–Kier alpha value is -2.80. The highest BCUT2D eigenvalue weighted by atomic mass is 16.7. The van der Waals surface area contributed by atoms with Gasteiger partial charge in [0.05, 0.1) is 62.4 Å². The molecular formula is C54H82O15. The summed E-state index contributed by atoms with van der Waals surface area (Å²) in [5, 5.41) is 23.8. The molecule has 4 fully saturated rings. The van der Waals surface area contributed by atoms with Crippen molar-refractivity contribution in [2.24, 2.45) is 29.6 Å². The molecule has 6 heterocycles. The zero-order chi connectivity index (χ0) is 49.8. The fraction of sp³-hybridized carbons (Fsp3) is 0.778. The SMILES string of the molecule is CCCCOC(=O)C[C@@H]1[C@H](C)O[C@@H](O[C@H]2[C@H](C)O[C@@H](O[C@@H]3/C(C)=C/C[C@@H]4CC(C[C@]5(C=C[C@H](C)[C@@H]([C@@H](C)CC)O5)O4)OC(=O)[C@@H]4C=C(C)[C@@H](O)[C@H]5OC/C(=C\C=C\[C@@H]3C)[C@]54O)C[C@@H]2OC)C[C@@H]1OC. The third-order valence-electron chi connectivity index (χ3n) is 15.9. The summed E-state index contributed by atoms with van der Waals surface area (Å²) in [6, 6.07) is 0.